The van der Waals surface area contributed by atoms with E-state index in [2.05, 4.69) is 15.3 Å². The van der Waals surface area contributed by atoms with Crippen molar-refractivity contribution in [2.24, 2.45) is 0 Å². The smallest absolute Gasteiger partial charge is 0.395 e. The molecule has 0 aliphatic rings. The molecule has 1 heterocycles. The Balaban J connectivity index is 1.90. The summed E-state index contributed by atoms with van der Waals surface area (Å²) in [6.45, 7) is 3.11. The largest absolute Gasteiger partial charge is 0.416 e. The number of anilines is 3. The van der Waals surface area contributed by atoms with E-state index in [1.54, 1.807) is 12.1 Å². The lowest BCUT2D eigenvalue weighted by Crippen LogP contribution is -2.25. The summed E-state index contributed by atoms with van der Waals surface area (Å²) in [5.74, 6) is 0.196. The average Bonchev–Trinajstić information content (AvgIpc) is 2.77. The molecule has 0 radical (unpaired) electrons. The number of halogens is 6. The maximum atomic E-state index is 13.2. The van der Waals surface area contributed by atoms with Gasteiger partial charge in [-0.3, -0.25) is 0 Å². The van der Waals surface area contributed by atoms with Crippen LogP contribution in [0.3, 0.4) is 0 Å². The number of nitrogens with zero attached hydrogens (tertiary/aromatic N) is 3. The summed E-state index contributed by atoms with van der Waals surface area (Å²) in [7, 11) is 0. The summed E-state index contributed by atoms with van der Waals surface area (Å²) >= 11 is 0. The highest BCUT2D eigenvalue weighted by molar-refractivity contribution is 5.67. The van der Waals surface area contributed by atoms with Crippen LogP contribution in [0.15, 0.2) is 54.9 Å². The molecular formula is C22H20F6N4O. The molecule has 0 bridgehead atoms. The van der Waals surface area contributed by atoms with Gasteiger partial charge < -0.3 is 15.3 Å². The van der Waals surface area contributed by atoms with Crippen LogP contribution in [0.25, 0.3) is 11.3 Å². The maximum absolute atomic E-state index is 13.2. The van der Waals surface area contributed by atoms with Gasteiger partial charge in [-0.15, -0.1) is 0 Å². The van der Waals surface area contributed by atoms with Crippen LogP contribution in [-0.2, 0) is 12.4 Å². The van der Waals surface area contributed by atoms with Crippen molar-refractivity contribution in [3.63, 3.8) is 0 Å². The van der Waals surface area contributed by atoms with Gasteiger partial charge in [-0.05, 0) is 49.4 Å². The highest BCUT2D eigenvalue weighted by Gasteiger charge is 2.37. The fraction of sp³-hybridized carbons (Fsp3) is 0.273. The standard InChI is InChI=1S/C22H20F6N4O/c1-2-32(7-8-33)18-5-3-17(4-6-18)31-20-12-19(29-13-30-20)14-9-15(21(23,24)25)11-16(10-14)22(26,27)28/h3-6,9-13,33H,2,7-8H2,1H3,(H,29,30,31). The quantitative estimate of drug-likeness (QED) is 0.431. The first-order valence-corrected chi connectivity index (χ1v) is 9.86. The van der Waals surface area contributed by atoms with Crippen molar-refractivity contribution >= 4 is 17.2 Å². The topological polar surface area (TPSA) is 61.3 Å². The van der Waals surface area contributed by atoms with E-state index in [4.69, 9.17) is 5.11 Å². The normalized spacial score (nSPS) is 12.0. The number of alkyl halides is 6. The summed E-state index contributed by atoms with van der Waals surface area (Å²) in [4.78, 5) is 9.80. The van der Waals surface area contributed by atoms with Crippen molar-refractivity contribution in [3.05, 3.63) is 66.0 Å². The molecule has 176 valence electrons. The van der Waals surface area contributed by atoms with Gasteiger partial charge in [0.05, 0.1) is 23.4 Å². The molecule has 2 N–H and O–H groups in total. The molecule has 0 spiro atoms. The molecule has 11 heteroatoms. The Kier molecular flexibility index (Phi) is 7.11. The van der Waals surface area contributed by atoms with E-state index < -0.39 is 23.5 Å². The van der Waals surface area contributed by atoms with Crippen LogP contribution in [0.1, 0.15) is 18.1 Å². The van der Waals surface area contributed by atoms with E-state index in [0.717, 1.165) is 12.0 Å². The molecule has 0 amide bonds. The summed E-state index contributed by atoms with van der Waals surface area (Å²) in [5.41, 5.74) is -1.78. The number of hydrogen-bond donors (Lipinski definition) is 2. The van der Waals surface area contributed by atoms with Crippen LogP contribution in [0, 0.1) is 0 Å². The lowest BCUT2D eigenvalue weighted by atomic mass is 10.0. The first-order chi connectivity index (χ1) is 15.5. The average molecular weight is 470 g/mol. The van der Waals surface area contributed by atoms with E-state index in [-0.39, 0.29) is 29.7 Å². The van der Waals surface area contributed by atoms with Crippen molar-refractivity contribution < 1.29 is 31.4 Å². The van der Waals surface area contributed by atoms with Crippen LogP contribution in [-0.4, -0.2) is 34.8 Å². The van der Waals surface area contributed by atoms with Crippen molar-refractivity contribution in [2.45, 2.75) is 19.3 Å². The highest BCUT2D eigenvalue weighted by atomic mass is 19.4. The number of rotatable bonds is 7. The van der Waals surface area contributed by atoms with Crippen LogP contribution in [0.2, 0.25) is 0 Å². The van der Waals surface area contributed by atoms with Crippen LogP contribution in [0.4, 0.5) is 43.5 Å². The summed E-state index contributed by atoms with van der Waals surface area (Å²) < 4.78 is 78.9. The molecule has 5 nitrogen and oxygen atoms in total. The van der Waals surface area contributed by atoms with E-state index in [9.17, 15) is 26.3 Å². The lowest BCUT2D eigenvalue weighted by Gasteiger charge is -2.22. The van der Waals surface area contributed by atoms with Gasteiger partial charge in [0, 0.05) is 36.1 Å². The second-order valence-electron chi connectivity index (χ2n) is 7.06. The number of hydrogen-bond acceptors (Lipinski definition) is 5. The second kappa shape index (κ2) is 9.65. The maximum Gasteiger partial charge on any atom is 0.416 e. The van der Waals surface area contributed by atoms with E-state index >= 15 is 0 Å². The van der Waals surface area contributed by atoms with Gasteiger partial charge in [0.2, 0.25) is 0 Å². The molecular weight excluding hydrogens is 450 g/mol. The monoisotopic (exact) mass is 470 g/mol. The van der Waals surface area contributed by atoms with Crippen LogP contribution >= 0.6 is 0 Å². The summed E-state index contributed by atoms with van der Waals surface area (Å²) in [6, 6.07) is 9.69. The number of likely N-dealkylation sites (N-methyl/N-ethyl adjacent to an activating group) is 1. The third-order valence-corrected chi connectivity index (χ3v) is 4.81. The molecule has 2 aromatic carbocycles. The molecule has 0 aliphatic heterocycles. The number of aliphatic hydroxyl groups excluding tert-OH is 1. The minimum Gasteiger partial charge on any atom is -0.395 e. The number of aliphatic hydroxyl groups is 1. The first kappa shape index (κ1) is 24.3. The summed E-state index contributed by atoms with van der Waals surface area (Å²) in [5, 5.41) is 12.1. The Morgan fingerprint density at radius 1 is 0.879 bits per heavy atom. The molecule has 0 unspecified atom stereocenters. The fourth-order valence-electron chi connectivity index (χ4n) is 3.18. The lowest BCUT2D eigenvalue weighted by molar-refractivity contribution is -0.143. The van der Waals surface area contributed by atoms with Gasteiger partial charge in [-0.25, -0.2) is 9.97 Å². The minimum atomic E-state index is -4.95. The number of aromatic nitrogens is 2. The Morgan fingerprint density at radius 2 is 1.48 bits per heavy atom. The highest BCUT2D eigenvalue weighted by Crippen LogP contribution is 2.38. The van der Waals surface area contributed by atoms with Gasteiger partial charge in [0.1, 0.15) is 12.1 Å². The number of nitrogens with one attached hydrogen (secondary N) is 1. The van der Waals surface area contributed by atoms with E-state index in [1.807, 2.05) is 24.0 Å². The molecule has 0 saturated heterocycles. The first-order valence-electron chi connectivity index (χ1n) is 9.86. The third kappa shape index (κ3) is 6.13. The third-order valence-electron chi connectivity index (χ3n) is 4.81. The fourth-order valence-corrected chi connectivity index (χ4v) is 3.18. The van der Waals surface area contributed by atoms with Crippen molar-refractivity contribution in [1.29, 1.82) is 0 Å². The Labute approximate surface area is 185 Å². The Morgan fingerprint density at radius 3 is 2.00 bits per heavy atom. The molecule has 3 rings (SSSR count). The minimum absolute atomic E-state index is 0.00312. The predicted octanol–water partition coefficient (Wildman–Crippen LogP) is 5.74. The van der Waals surface area contributed by atoms with Gasteiger partial charge >= 0.3 is 12.4 Å². The Bertz CT molecular complexity index is 1050. The second-order valence-corrected chi connectivity index (χ2v) is 7.06. The molecule has 0 saturated carbocycles. The molecule has 33 heavy (non-hydrogen) atoms. The zero-order valence-corrected chi connectivity index (χ0v) is 17.4. The molecule has 3 aromatic rings. The van der Waals surface area contributed by atoms with Gasteiger partial charge in [0.25, 0.3) is 0 Å². The summed E-state index contributed by atoms with van der Waals surface area (Å²) in [6.07, 6.45) is -8.85. The van der Waals surface area contributed by atoms with Crippen molar-refractivity contribution in [3.8, 4) is 11.3 Å². The van der Waals surface area contributed by atoms with Crippen LogP contribution in [0.5, 0.6) is 0 Å². The number of benzene rings is 2. The van der Waals surface area contributed by atoms with Gasteiger partial charge in [-0.2, -0.15) is 26.3 Å². The van der Waals surface area contributed by atoms with Gasteiger partial charge in [-0.1, -0.05) is 0 Å². The Hall–Kier alpha value is -3.34. The molecule has 1 aromatic heterocycles. The molecule has 0 atom stereocenters. The van der Waals surface area contributed by atoms with Gasteiger partial charge in [0.15, 0.2) is 0 Å². The SMILES string of the molecule is CCN(CCO)c1ccc(Nc2cc(-c3cc(C(F)(F)F)cc(C(F)(F)F)c3)ncn2)cc1. The van der Waals surface area contributed by atoms with Crippen LogP contribution < -0.4 is 10.2 Å². The predicted molar refractivity (Wildman–Crippen MR) is 112 cm³/mol. The van der Waals surface area contributed by atoms with Crippen molar-refractivity contribution in [1.82, 2.24) is 9.97 Å². The van der Waals surface area contributed by atoms with Crippen molar-refractivity contribution in [2.75, 3.05) is 29.9 Å². The van der Waals surface area contributed by atoms with E-state index in [0.29, 0.717) is 30.9 Å². The molecule has 0 fully saturated rings. The van der Waals surface area contributed by atoms with E-state index in [1.165, 1.54) is 6.07 Å². The zero-order valence-electron chi connectivity index (χ0n) is 17.4. The molecule has 0 aliphatic carbocycles. The zero-order chi connectivity index (χ0) is 24.2.